The van der Waals surface area contributed by atoms with Crippen molar-refractivity contribution in [1.29, 1.82) is 0 Å². The van der Waals surface area contributed by atoms with E-state index in [-0.39, 0.29) is 29.7 Å². The molecular weight excluding hydrogens is 462 g/mol. The molecule has 4 aromatic rings. The Morgan fingerprint density at radius 3 is 2.41 bits per heavy atom. The molecule has 2 aromatic heterocycles. The molecule has 0 radical (unpaired) electrons. The molecule has 2 fully saturated rings. The van der Waals surface area contributed by atoms with E-state index >= 15 is 0 Å². The Bertz CT molecular complexity index is 1410. The standard InChI is InChI=1S/C31H35N3O3/c1-2-33-26-15-8-7-14-24(26)25-20-21(17-18-27(25)33)29(30(35)32-22-10-3-4-11-22)34(23-12-5-6-13-23)31(36)28-16-9-19-37-28/h7-9,14-20,22-23,29H,2-6,10-13H2,1H3,(H,32,35)/t29-/m0/s1. The summed E-state index contributed by atoms with van der Waals surface area (Å²) in [6, 6.07) is 17.6. The average molecular weight is 498 g/mol. The number of rotatable bonds is 7. The van der Waals surface area contributed by atoms with E-state index in [0.29, 0.717) is 0 Å². The molecule has 2 amide bonds. The summed E-state index contributed by atoms with van der Waals surface area (Å²) >= 11 is 0. The maximum absolute atomic E-state index is 14.1. The number of benzene rings is 2. The van der Waals surface area contributed by atoms with Gasteiger partial charge in [-0.1, -0.05) is 49.9 Å². The van der Waals surface area contributed by atoms with Crippen molar-refractivity contribution >= 4 is 33.6 Å². The molecule has 2 saturated carbocycles. The third-order valence-corrected chi connectivity index (χ3v) is 8.34. The highest BCUT2D eigenvalue weighted by Gasteiger charge is 2.40. The number of nitrogens with one attached hydrogen (secondary N) is 1. The summed E-state index contributed by atoms with van der Waals surface area (Å²) in [5.74, 6) is -0.00827. The molecule has 2 aliphatic carbocycles. The van der Waals surface area contributed by atoms with Gasteiger partial charge in [0.2, 0.25) is 5.91 Å². The van der Waals surface area contributed by atoms with Gasteiger partial charge in [0, 0.05) is 40.4 Å². The van der Waals surface area contributed by atoms with E-state index in [4.69, 9.17) is 4.42 Å². The minimum Gasteiger partial charge on any atom is -0.459 e. The molecule has 0 spiro atoms. The van der Waals surface area contributed by atoms with Crippen LogP contribution in [0.2, 0.25) is 0 Å². The zero-order chi connectivity index (χ0) is 25.4. The quantitative estimate of drug-likeness (QED) is 0.313. The Morgan fingerprint density at radius 2 is 1.68 bits per heavy atom. The topological polar surface area (TPSA) is 67.5 Å². The summed E-state index contributed by atoms with van der Waals surface area (Å²) in [5.41, 5.74) is 3.18. The minimum absolute atomic E-state index is 0.00427. The molecular formula is C31H35N3O3. The molecule has 192 valence electrons. The molecule has 0 saturated heterocycles. The molecule has 2 aliphatic rings. The van der Waals surface area contributed by atoms with Crippen LogP contribution in [0.25, 0.3) is 21.8 Å². The van der Waals surface area contributed by atoms with E-state index in [1.165, 1.54) is 17.2 Å². The largest absolute Gasteiger partial charge is 0.459 e. The predicted molar refractivity (Wildman–Crippen MR) is 145 cm³/mol. The van der Waals surface area contributed by atoms with E-state index in [9.17, 15) is 9.59 Å². The van der Waals surface area contributed by atoms with Gasteiger partial charge in [-0.3, -0.25) is 9.59 Å². The number of hydrogen-bond donors (Lipinski definition) is 1. The van der Waals surface area contributed by atoms with Gasteiger partial charge in [0.15, 0.2) is 5.76 Å². The molecule has 6 rings (SSSR count). The van der Waals surface area contributed by atoms with Crippen LogP contribution in [0.1, 0.15) is 80.5 Å². The van der Waals surface area contributed by atoms with Crippen molar-refractivity contribution in [2.75, 3.05) is 0 Å². The lowest BCUT2D eigenvalue weighted by Gasteiger charge is -2.36. The lowest BCUT2D eigenvalue weighted by atomic mass is 9.98. The minimum atomic E-state index is -0.713. The second-order valence-corrected chi connectivity index (χ2v) is 10.6. The van der Waals surface area contributed by atoms with Crippen LogP contribution < -0.4 is 5.32 Å². The number of para-hydroxylation sites is 1. The summed E-state index contributed by atoms with van der Waals surface area (Å²) in [6.07, 6.45) is 9.71. The highest BCUT2D eigenvalue weighted by Crippen LogP contribution is 2.37. The summed E-state index contributed by atoms with van der Waals surface area (Å²) in [6.45, 7) is 3.02. The van der Waals surface area contributed by atoms with Crippen LogP contribution in [0.15, 0.2) is 65.3 Å². The molecule has 6 nitrogen and oxygen atoms in total. The fourth-order valence-electron chi connectivity index (χ4n) is 6.57. The zero-order valence-electron chi connectivity index (χ0n) is 21.5. The molecule has 0 bridgehead atoms. The third kappa shape index (κ3) is 4.32. The van der Waals surface area contributed by atoms with Crippen LogP contribution in [-0.4, -0.2) is 33.4 Å². The number of carbonyl (C=O) groups is 2. The van der Waals surface area contributed by atoms with Gasteiger partial charge in [0.25, 0.3) is 5.91 Å². The molecule has 1 atom stereocenters. The highest BCUT2D eigenvalue weighted by molar-refractivity contribution is 6.08. The van der Waals surface area contributed by atoms with Crippen LogP contribution in [0.3, 0.4) is 0 Å². The lowest BCUT2D eigenvalue weighted by molar-refractivity contribution is -0.127. The SMILES string of the molecule is CCn1c2ccccc2c2cc([C@@H](C(=O)NC3CCCC3)N(C(=O)c3ccco3)C3CCCC3)ccc21. The van der Waals surface area contributed by atoms with Crippen LogP contribution in [0.4, 0.5) is 0 Å². The van der Waals surface area contributed by atoms with Crippen LogP contribution in [0, 0.1) is 0 Å². The Kier molecular flexibility index (Phi) is 6.49. The van der Waals surface area contributed by atoms with Gasteiger partial charge in [0.1, 0.15) is 6.04 Å². The molecule has 0 aliphatic heterocycles. The maximum Gasteiger partial charge on any atom is 0.290 e. The number of furan rings is 1. The van der Waals surface area contributed by atoms with Crippen molar-refractivity contribution < 1.29 is 14.0 Å². The molecule has 37 heavy (non-hydrogen) atoms. The van der Waals surface area contributed by atoms with E-state index < -0.39 is 6.04 Å². The van der Waals surface area contributed by atoms with Gasteiger partial charge < -0.3 is 19.2 Å². The molecule has 1 N–H and O–H groups in total. The molecule has 2 heterocycles. The normalized spacial score (nSPS) is 17.5. The van der Waals surface area contributed by atoms with Crippen LogP contribution in [-0.2, 0) is 11.3 Å². The predicted octanol–water partition coefficient (Wildman–Crippen LogP) is 6.59. The Labute approximate surface area is 217 Å². The zero-order valence-corrected chi connectivity index (χ0v) is 21.5. The average Bonchev–Trinajstić information content (AvgIpc) is 3.73. The van der Waals surface area contributed by atoms with Crippen LogP contribution >= 0.6 is 0 Å². The molecule has 0 unspecified atom stereocenters. The summed E-state index contributed by atoms with van der Waals surface area (Å²) in [5, 5.41) is 5.60. The van der Waals surface area contributed by atoms with Crippen molar-refractivity contribution in [2.24, 2.45) is 0 Å². The van der Waals surface area contributed by atoms with Gasteiger partial charge >= 0.3 is 0 Å². The van der Waals surface area contributed by atoms with Gasteiger partial charge in [0.05, 0.1) is 6.26 Å². The number of carbonyl (C=O) groups excluding carboxylic acids is 2. The number of fused-ring (bicyclic) bond motifs is 3. The van der Waals surface area contributed by atoms with Gasteiger partial charge in [-0.25, -0.2) is 0 Å². The van der Waals surface area contributed by atoms with Gasteiger partial charge in [-0.05, 0) is 68.5 Å². The van der Waals surface area contributed by atoms with Crippen molar-refractivity contribution in [1.82, 2.24) is 14.8 Å². The van der Waals surface area contributed by atoms with E-state index in [1.54, 1.807) is 12.1 Å². The molecule has 2 aromatic carbocycles. The summed E-state index contributed by atoms with van der Waals surface area (Å²) < 4.78 is 7.86. The number of nitrogens with zero attached hydrogens (tertiary/aromatic N) is 2. The van der Waals surface area contributed by atoms with E-state index in [0.717, 1.165) is 74.4 Å². The monoisotopic (exact) mass is 497 g/mol. The second-order valence-electron chi connectivity index (χ2n) is 10.6. The summed E-state index contributed by atoms with van der Waals surface area (Å²) in [4.78, 5) is 29.8. The van der Waals surface area contributed by atoms with E-state index in [2.05, 4.69) is 53.2 Å². The van der Waals surface area contributed by atoms with Crippen molar-refractivity contribution in [2.45, 2.75) is 83.0 Å². The second kappa shape index (κ2) is 10.1. The lowest BCUT2D eigenvalue weighted by Crippen LogP contribution is -2.49. The Morgan fingerprint density at radius 1 is 0.946 bits per heavy atom. The number of hydrogen-bond acceptors (Lipinski definition) is 3. The maximum atomic E-state index is 14.1. The van der Waals surface area contributed by atoms with E-state index in [1.807, 2.05) is 11.0 Å². The van der Waals surface area contributed by atoms with Crippen LogP contribution in [0.5, 0.6) is 0 Å². The number of aromatic nitrogens is 1. The highest BCUT2D eigenvalue weighted by atomic mass is 16.3. The number of aryl methyl sites for hydroxylation is 1. The van der Waals surface area contributed by atoms with Gasteiger partial charge in [-0.15, -0.1) is 0 Å². The first-order valence-corrected chi connectivity index (χ1v) is 13.8. The molecule has 6 heteroatoms. The summed E-state index contributed by atoms with van der Waals surface area (Å²) in [7, 11) is 0. The smallest absolute Gasteiger partial charge is 0.290 e. The fraction of sp³-hybridized carbons (Fsp3) is 0.419. The Balaban J connectivity index is 1.50. The Hall–Kier alpha value is -3.54. The van der Waals surface area contributed by atoms with Crippen molar-refractivity contribution in [3.63, 3.8) is 0 Å². The van der Waals surface area contributed by atoms with Crippen molar-refractivity contribution in [3.8, 4) is 0 Å². The first-order valence-electron chi connectivity index (χ1n) is 13.8. The third-order valence-electron chi connectivity index (χ3n) is 8.34. The first-order chi connectivity index (χ1) is 18.2. The fourth-order valence-corrected chi connectivity index (χ4v) is 6.57. The van der Waals surface area contributed by atoms with Crippen molar-refractivity contribution in [3.05, 3.63) is 72.2 Å². The number of amides is 2. The van der Waals surface area contributed by atoms with Gasteiger partial charge in [-0.2, -0.15) is 0 Å². The first kappa shape index (κ1) is 23.8.